The van der Waals surface area contributed by atoms with Crippen molar-refractivity contribution in [3.05, 3.63) is 46.6 Å². The smallest absolute Gasteiger partial charge is 0.0699 e. The van der Waals surface area contributed by atoms with Crippen LogP contribution in [-0.2, 0) is 0 Å². The Labute approximate surface area is 143 Å². The predicted octanol–water partition coefficient (Wildman–Crippen LogP) is 7.10. The molecule has 0 N–H and O–H groups in total. The molecule has 4 rings (SSSR count). The van der Waals surface area contributed by atoms with Crippen LogP contribution in [0.15, 0.2) is 46.6 Å². The van der Waals surface area contributed by atoms with Crippen molar-refractivity contribution in [1.82, 2.24) is 0 Å². The summed E-state index contributed by atoms with van der Waals surface area (Å²) in [6.45, 7) is 5.28. The van der Waals surface area contributed by atoms with Gasteiger partial charge in [0.25, 0.3) is 0 Å². The molecule has 2 saturated carbocycles. The zero-order valence-corrected chi connectivity index (χ0v) is 16.0. The van der Waals surface area contributed by atoms with E-state index in [4.69, 9.17) is 0 Å². The monoisotopic (exact) mass is 324 g/mol. The van der Waals surface area contributed by atoms with Gasteiger partial charge in [-0.05, 0) is 84.7 Å². The predicted molar refractivity (Wildman–Crippen MR) is 103 cm³/mol. The van der Waals surface area contributed by atoms with E-state index in [0.29, 0.717) is 0 Å². The van der Waals surface area contributed by atoms with E-state index < -0.39 is 8.07 Å². The molecule has 4 aliphatic carbocycles. The maximum absolute atomic E-state index is 2.69. The van der Waals surface area contributed by atoms with Gasteiger partial charge < -0.3 is 0 Å². The molecule has 0 saturated heterocycles. The van der Waals surface area contributed by atoms with Gasteiger partial charge in [0.2, 0.25) is 0 Å². The van der Waals surface area contributed by atoms with Crippen LogP contribution in [-0.4, -0.2) is 8.07 Å². The summed E-state index contributed by atoms with van der Waals surface area (Å²) in [4.78, 5) is 0. The maximum Gasteiger partial charge on any atom is 0.0699 e. The normalized spacial score (nSPS) is 26.5. The van der Waals surface area contributed by atoms with Crippen LogP contribution in [0.25, 0.3) is 0 Å². The van der Waals surface area contributed by atoms with Crippen molar-refractivity contribution in [2.75, 3.05) is 0 Å². The molecule has 124 valence electrons. The fourth-order valence-electron chi connectivity index (χ4n) is 5.06. The highest BCUT2D eigenvalue weighted by Crippen LogP contribution is 2.49. The lowest BCUT2D eigenvalue weighted by atomic mass is 10.1. The van der Waals surface area contributed by atoms with Gasteiger partial charge in [0.05, 0.1) is 8.07 Å². The Balaban J connectivity index is 1.57. The first-order valence-electron chi connectivity index (χ1n) is 9.98. The molecule has 0 aliphatic heterocycles. The molecule has 0 atom stereocenters. The lowest BCUT2D eigenvalue weighted by Crippen LogP contribution is -2.34. The van der Waals surface area contributed by atoms with E-state index in [1.807, 2.05) is 0 Å². The van der Waals surface area contributed by atoms with Crippen molar-refractivity contribution in [3.8, 4) is 0 Å². The van der Waals surface area contributed by atoms with E-state index in [1.165, 1.54) is 64.2 Å². The summed E-state index contributed by atoms with van der Waals surface area (Å²) in [5, 5.41) is 0. The van der Waals surface area contributed by atoms with E-state index in [-0.39, 0.29) is 0 Å². The van der Waals surface area contributed by atoms with Crippen molar-refractivity contribution < 1.29 is 0 Å². The highest BCUT2D eigenvalue weighted by molar-refractivity contribution is 6.82. The minimum Gasteiger partial charge on any atom is -0.0768 e. The van der Waals surface area contributed by atoms with E-state index in [0.717, 1.165) is 11.1 Å². The molecule has 0 spiro atoms. The van der Waals surface area contributed by atoms with E-state index in [1.54, 1.807) is 22.3 Å². The van der Waals surface area contributed by atoms with Crippen LogP contribution in [0.5, 0.6) is 0 Å². The Morgan fingerprint density at radius 1 is 0.565 bits per heavy atom. The van der Waals surface area contributed by atoms with Crippen LogP contribution in [0.2, 0.25) is 24.2 Å². The fraction of sp³-hybridized carbons (Fsp3) is 0.636. The van der Waals surface area contributed by atoms with Gasteiger partial charge in [0, 0.05) is 0 Å². The molecule has 0 aromatic rings. The van der Waals surface area contributed by atoms with Crippen molar-refractivity contribution in [1.29, 1.82) is 0 Å². The van der Waals surface area contributed by atoms with Crippen LogP contribution >= 0.6 is 0 Å². The van der Waals surface area contributed by atoms with Gasteiger partial charge in [-0.1, -0.05) is 50.2 Å². The first kappa shape index (κ1) is 15.7. The van der Waals surface area contributed by atoms with Gasteiger partial charge in [-0.25, -0.2) is 0 Å². The Hall–Kier alpha value is -0.823. The molecule has 0 unspecified atom stereocenters. The molecule has 0 heterocycles. The number of hydrogen-bond acceptors (Lipinski definition) is 0. The van der Waals surface area contributed by atoms with Gasteiger partial charge in [-0.2, -0.15) is 0 Å². The van der Waals surface area contributed by atoms with Gasteiger partial charge in [-0.15, -0.1) is 0 Å². The molecule has 0 aromatic heterocycles. The second kappa shape index (κ2) is 6.24. The number of allylic oxidation sites excluding steroid dienone is 8. The van der Waals surface area contributed by atoms with Crippen LogP contribution in [0.3, 0.4) is 0 Å². The molecular weight excluding hydrogens is 292 g/mol. The first-order valence-corrected chi connectivity index (χ1v) is 13.1. The third-order valence-electron chi connectivity index (χ3n) is 6.85. The maximum atomic E-state index is 2.69. The van der Waals surface area contributed by atoms with E-state index in [9.17, 15) is 0 Å². The van der Waals surface area contributed by atoms with Crippen molar-refractivity contribution in [2.45, 2.75) is 88.4 Å². The minimum atomic E-state index is -1.35. The number of hydrogen-bond donors (Lipinski definition) is 0. The standard InChI is InChI=1S/C22H32Si/c1-23(2,21-13-17-9-5-3-6-10-18(17)14-21)22-15-19-11-7-4-8-12-20(19)16-22/h13-16,21-22H,3-12H2,1-2H3. The third kappa shape index (κ3) is 2.97. The van der Waals surface area contributed by atoms with Gasteiger partial charge >= 0.3 is 0 Å². The van der Waals surface area contributed by atoms with Crippen molar-refractivity contribution in [2.24, 2.45) is 0 Å². The average molecular weight is 325 g/mol. The summed E-state index contributed by atoms with van der Waals surface area (Å²) in [6.07, 6.45) is 24.7. The third-order valence-corrected chi connectivity index (χ3v) is 11.0. The van der Waals surface area contributed by atoms with E-state index in [2.05, 4.69) is 37.4 Å². The molecule has 0 radical (unpaired) electrons. The molecule has 0 nitrogen and oxygen atoms in total. The molecular formula is C22H32Si. The molecule has 2 fully saturated rings. The Bertz CT molecular complexity index is 503. The Morgan fingerprint density at radius 3 is 1.17 bits per heavy atom. The Kier molecular flexibility index (Phi) is 4.26. The van der Waals surface area contributed by atoms with Crippen molar-refractivity contribution in [3.63, 3.8) is 0 Å². The fourth-order valence-corrected chi connectivity index (χ4v) is 8.03. The molecule has 0 bridgehead atoms. The lowest BCUT2D eigenvalue weighted by molar-refractivity contribution is 0.717. The highest BCUT2D eigenvalue weighted by Gasteiger charge is 2.40. The second-order valence-electron chi connectivity index (χ2n) is 8.76. The zero-order chi connectivity index (χ0) is 15.9. The van der Waals surface area contributed by atoms with Gasteiger partial charge in [0.15, 0.2) is 0 Å². The second-order valence-corrected chi connectivity index (χ2v) is 13.7. The average Bonchev–Trinajstić information content (AvgIpc) is 2.99. The van der Waals surface area contributed by atoms with Crippen molar-refractivity contribution >= 4 is 8.07 Å². The summed E-state index contributed by atoms with van der Waals surface area (Å²) in [5.74, 6) is 0. The van der Waals surface area contributed by atoms with Crippen LogP contribution in [0.1, 0.15) is 64.2 Å². The largest absolute Gasteiger partial charge is 0.0768 e. The summed E-state index contributed by atoms with van der Waals surface area (Å²) >= 11 is 0. The van der Waals surface area contributed by atoms with Crippen LogP contribution in [0.4, 0.5) is 0 Å². The summed E-state index contributed by atoms with van der Waals surface area (Å²) < 4.78 is 0. The molecule has 0 amide bonds. The van der Waals surface area contributed by atoms with Crippen LogP contribution < -0.4 is 0 Å². The quantitative estimate of drug-likeness (QED) is 0.475. The number of rotatable bonds is 2. The first-order chi connectivity index (χ1) is 11.1. The molecule has 0 aromatic carbocycles. The van der Waals surface area contributed by atoms with Gasteiger partial charge in [0.1, 0.15) is 0 Å². The Morgan fingerprint density at radius 2 is 0.870 bits per heavy atom. The summed E-state index contributed by atoms with van der Waals surface area (Å²) in [5.41, 5.74) is 8.43. The summed E-state index contributed by atoms with van der Waals surface area (Å²) in [6, 6.07) is 0. The summed E-state index contributed by atoms with van der Waals surface area (Å²) in [7, 11) is -1.35. The SMILES string of the molecule is C[Si](C)(C1C=C2CCCCCC2=C1)C1C=C2CCCCCC2=C1. The van der Waals surface area contributed by atoms with E-state index >= 15 is 0 Å². The molecule has 23 heavy (non-hydrogen) atoms. The molecule has 1 heteroatoms. The van der Waals surface area contributed by atoms with Gasteiger partial charge in [-0.3, -0.25) is 0 Å². The highest BCUT2D eigenvalue weighted by atomic mass is 28.3. The zero-order valence-electron chi connectivity index (χ0n) is 15.0. The molecule has 4 aliphatic rings. The topological polar surface area (TPSA) is 0 Å². The number of fused-ring (bicyclic) bond motifs is 2. The minimum absolute atomic E-state index is 0.770. The lowest BCUT2D eigenvalue weighted by Gasteiger charge is -2.32. The van der Waals surface area contributed by atoms with Crippen LogP contribution in [0, 0.1) is 0 Å².